The molecular weight excluding hydrogens is 1000 g/mol. The van der Waals surface area contributed by atoms with Gasteiger partial charge in [0.1, 0.15) is 0 Å². The van der Waals surface area contributed by atoms with Crippen LogP contribution in [0.2, 0.25) is 0 Å². The van der Waals surface area contributed by atoms with Crippen molar-refractivity contribution in [3.8, 4) is 56.4 Å². The molecule has 0 N–H and O–H groups in total. The third-order valence-electron chi connectivity index (χ3n) is 12.7. The van der Waals surface area contributed by atoms with Crippen LogP contribution in [0.25, 0.3) is 55.8 Å². The number of nitrogens with zero attached hydrogens (tertiary/aromatic N) is 5. The van der Waals surface area contributed by atoms with Crippen molar-refractivity contribution in [1.82, 2.24) is 14.1 Å². The van der Waals surface area contributed by atoms with E-state index in [1.54, 1.807) is 6.07 Å². The predicted molar refractivity (Wildman–Crippen MR) is 272 cm³/mol. The predicted octanol–water partition coefficient (Wildman–Crippen LogP) is 14.3. The van der Waals surface area contributed by atoms with Gasteiger partial charge in [-0.2, -0.15) is 0 Å². The molecule has 2 aliphatic heterocycles. The molecule has 0 spiro atoms. The van der Waals surface area contributed by atoms with Gasteiger partial charge < -0.3 is 0 Å². The average Bonchev–Trinajstić information content (AvgIpc) is 3.90. The SMILES string of the molecule is [2H]c1c([2H])c([2H])c2c(c1[2H])B1N(c3cccc(Oc4cccc(-n5[c](=[Pt])n(-c6c(-c7ccccc7)cc(C([2H])([2H])[2H])cc6-c6cccc(C(C)(C)C)c6)c6ccccc65)c4)n3)c3ccccc3N1c1ccccc1-2. The number of aromatic nitrogens is 3. The normalized spacial score (nSPS) is 14.5. The van der Waals surface area contributed by atoms with E-state index in [1.165, 1.54) is 0 Å². The maximum atomic E-state index is 9.31. The molecule has 0 amide bonds. The third kappa shape index (κ3) is 6.91. The van der Waals surface area contributed by atoms with Gasteiger partial charge in [0.05, 0.1) is 5.48 Å². The van der Waals surface area contributed by atoms with E-state index in [0.29, 0.717) is 28.5 Å². The number of hydrogen-bond donors (Lipinski definition) is 0. The average molecular weight is 1050 g/mol. The summed E-state index contributed by atoms with van der Waals surface area (Å²) in [6.07, 6.45) is 0. The molecule has 10 aromatic rings. The van der Waals surface area contributed by atoms with Crippen molar-refractivity contribution in [3.63, 3.8) is 0 Å². The molecule has 0 fully saturated rings. The number of ether oxygens (including phenoxy) is 1. The summed E-state index contributed by atoms with van der Waals surface area (Å²) in [5.41, 5.74) is 12.3. The molecule has 6 nitrogen and oxygen atoms in total. The van der Waals surface area contributed by atoms with E-state index in [4.69, 9.17) is 17.9 Å². The maximum absolute atomic E-state index is 9.31. The second-order valence-electron chi connectivity index (χ2n) is 17.9. The van der Waals surface area contributed by atoms with Gasteiger partial charge in [0.2, 0.25) is 0 Å². The quantitative estimate of drug-likeness (QED) is 0.149. The van der Waals surface area contributed by atoms with Crippen molar-refractivity contribution < 1.29 is 33.7 Å². The zero-order chi connectivity index (χ0) is 51.4. The Bertz CT molecular complexity index is 3980. The fourth-order valence-electron chi connectivity index (χ4n) is 9.70. The van der Waals surface area contributed by atoms with Crippen molar-refractivity contribution >= 4 is 46.4 Å². The summed E-state index contributed by atoms with van der Waals surface area (Å²) in [5.74, 6) is 1.40. The van der Waals surface area contributed by atoms with Crippen LogP contribution in [0, 0.1) is 10.7 Å². The molecule has 0 radical (unpaired) electrons. The van der Waals surface area contributed by atoms with Gasteiger partial charge in [0.15, 0.2) is 0 Å². The summed E-state index contributed by atoms with van der Waals surface area (Å²) in [5, 5.41) is 0. The smallest absolute Gasteiger partial charge is 0.0615 e. The second kappa shape index (κ2) is 16.1. The van der Waals surface area contributed by atoms with Crippen LogP contribution >= 0.6 is 0 Å². The monoisotopic (exact) mass is 1050 g/mol. The van der Waals surface area contributed by atoms with Crippen LogP contribution in [-0.4, -0.2) is 21.1 Å². The van der Waals surface area contributed by atoms with Gasteiger partial charge >= 0.3 is 325 Å². The summed E-state index contributed by atoms with van der Waals surface area (Å²) in [7, 11) is 0. The van der Waals surface area contributed by atoms with Crippen LogP contribution in [0.5, 0.6) is 11.6 Å². The Morgan fingerprint density at radius 3 is 2.03 bits per heavy atom. The first-order valence-corrected chi connectivity index (χ1v) is 23.4. The standard InChI is InChI=1S/C59H46BN5O.Pt/c1-40-35-48(41-19-6-5-7-20-41)58(49(36-40)42-21-16-22-43(37-42)59(2,3)4)63-39-62(52-29-12-13-30-53(52)63)44-23-17-24-45(38-44)66-57-34-18-33-56(61-57)65-55-32-15-14-31-54(55)64-51-28-11-9-26-47(51)46-25-8-10-27-50(46)60(64)65;/h5-38H,1-4H3;/i1D3,8D,10D,25D,27D;. The first-order chi connectivity index (χ1) is 35.6. The van der Waals surface area contributed by atoms with Crippen LogP contribution in [0.1, 0.15) is 41.5 Å². The number of aryl methyl sites for hydroxylation is 1. The van der Waals surface area contributed by atoms with Gasteiger partial charge in [0, 0.05) is 11.3 Å². The second-order valence-corrected chi connectivity index (χ2v) is 18.9. The van der Waals surface area contributed by atoms with E-state index in [2.05, 4.69) is 90.5 Å². The van der Waals surface area contributed by atoms with Crippen LogP contribution in [0.3, 0.4) is 0 Å². The molecule has 4 heterocycles. The number of pyridine rings is 1. The van der Waals surface area contributed by atoms with Gasteiger partial charge in [-0.3, -0.25) is 0 Å². The molecule has 0 unspecified atom stereocenters. The van der Waals surface area contributed by atoms with Gasteiger partial charge in [0.25, 0.3) is 0 Å². The molecule has 67 heavy (non-hydrogen) atoms. The molecule has 2 aliphatic rings. The van der Waals surface area contributed by atoms with E-state index in [0.717, 1.165) is 76.7 Å². The number of rotatable bonds is 7. The Morgan fingerprint density at radius 1 is 0.582 bits per heavy atom. The number of hydrogen-bond acceptors (Lipinski definition) is 4. The molecular formula is C59H46BN5OPt. The number of imidazole rings is 1. The third-order valence-corrected chi connectivity index (χ3v) is 13.7. The molecule has 12 rings (SSSR count). The fourth-order valence-corrected chi connectivity index (χ4v) is 10.8. The molecule has 0 bridgehead atoms. The zero-order valence-electron chi connectivity index (χ0n) is 43.9. The van der Waals surface area contributed by atoms with E-state index in [1.807, 2.05) is 144 Å². The molecule has 8 heteroatoms. The fraction of sp³-hybridized carbons (Fsp3) is 0.0847. The summed E-state index contributed by atoms with van der Waals surface area (Å²) in [6, 6.07) is 58.7. The molecule has 8 aromatic carbocycles. The van der Waals surface area contributed by atoms with Crippen molar-refractivity contribution in [2.45, 2.75) is 33.0 Å². The summed E-state index contributed by atoms with van der Waals surface area (Å²) >= 11 is 2.38. The Labute approximate surface area is 412 Å². The topological polar surface area (TPSA) is 38.5 Å². The molecule has 0 atom stereocenters. The minimum atomic E-state index is -2.37. The van der Waals surface area contributed by atoms with Gasteiger partial charge in [-0.15, -0.1) is 0 Å². The van der Waals surface area contributed by atoms with Crippen LogP contribution in [0.4, 0.5) is 22.9 Å². The Kier molecular flexibility index (Phi) is 8.18. The van der Waals surface area contributed by atoms with Crippen molar-refractivity contribution in [1.29, 1.82) is 0 Å². The van der Waals surface area contributed by atoms with Gasteiger partial charge in [-0.1, -0.05) is 54.5 Å². The summed E-state index contributed by atoms with van der Waals surface area (Å²) < 4.78 is 73.9. The van der Waals surface area contributed by atoms with E-state index in [-0.39, 0.29) is 35.1 Å². The van der Waals surface area contributed by atoms with Gasteiger partial charge in [-0.05, 0) is 17.7 Å². The number of fused-ring (bicyclic) bond motifs is 9. The van der Waals surface area contributed by atoms with Crippen LogP contribution in [0.15, 0.2) is 206 Å². The van der Waals surface area contributed by atoms with E-state index >= 15 is 0 Å². The van der Waals surface area contributed by atoms with E-state index in [9.17, 15) is 1.37 Å². The number of benzene rings is 8. The Hall–Kier alpha value is -7.47. The number of para-hydroxylation sites is 5. The van der Waals surface area contributed by atoms with Crippen molar-refractivity contribution in [3.05, 3.63) is 221 Å². The molecule has 0 saturated carbocycles. The zero-order valence-corrected chi connectivity index (χ0v) is 39.1. The van der Waals surface area contributed by atoms with Crippen molar-refractivity contribution in [2.24, 2.45) is 0 Å². The first kappa shape index (κ1) is 33.9. The Balaban J connectivity index is 0.987. The van der Waals surface area contributed by atoms with E-state index < -0.39 is 13.8 Å². The molecule has 0 saturated heterocycles. The minimum absolute atomic E-state index is 0.0843. The summed E-state index contributed by atoms with van der Waals surface area (Å²) in [6.45, 7) is 3.49. The van der Waals surface area contributed by atoms with Crippen molar-refractivity contribution in [2.75, 3.05) is 9.62 Å². The minimum Gasteiger partial charge on any atom is -0.0615 e. The number of anilines is 4. The summed E-state index contributed by atoms with van der Waals surface area (Å²) in [4.78, 5) is 9.30. The van der Waals surface area contributed by atoms with Crippen LogP contribution < -0.4 is 19.8 Å². The molecule has 0 aliphatic carbocycles. The first-order valence-electron chi connectivity index (χ1n) is 25.7. The molecule has 326 valence electrons. The Morgan fingerprint density at radius 2 is 1.24 bits per heavy atom. The van der Waals surface area contributed by atoms with Gasteiger partial charge in [-0.25, -0.2) is 0 Å². The van der Waals surface area contributed by atoms with Crippen LogP contribution in [-0.2, 0) is 24.8 Å². The molecule has 2 aromatic heterocycles.